The van der Waals surface area contributed by atoms with Crippen molar-refractivity contribution in [2.45, 2.75) is 33.9 Å². The second kappa shape index (κ2) is 7.61. The van der Waals surface area contributed by atoms with E-state index in [1.54, 1.807) is 11.5 Å². The highest BCUT2D eigenvalue weighted by molar-refractivity contribution is 7.16. The number of carbonyl (C=O) groups excluding carboxylic acids is 2. The standard InChI is InChI=1S/C17H19N5O3S/c1-4-25-16(24)8-22-13-5-11(2)12(3)6-14(13)26-17(22)20-15(23)7-21-10-18-9-19-21/h5-6,9-10H,4,7-8H2,1-3H3. The first-order valence-electron chi connectivity index (χ1n) is 8.14. The third-order valence-electron chi connectivity index (χ3n) is 3.87. The Hall–Kier alpha value is -2.81. The van der Waals surface area contributed by atoms with Crippen LogP contribution in [0.15, 0.2) is 29.8 Å². The number of aromatic nitrogens is 4. The second-order valence-corrected chi connectivity index (χ2v) is 6.79. The molecule has 1 amide bonds. The van der Waals surface area contributed by atoms with Crippen LogP contribution < -0.4 is 4.80 Å². The van der Waals surface area contributed by atoms with Crippen molar-refractivity contribution in [3.05, 3.63) is 40.7 Å². The molecular formula is C17H19N5O3S. The summed E-state index contributed by atoms with van der Waals surface area (Å²) in [4.78, 5) is 32.7. The number of aryl methyl sites for hydroxylation is 2. The maximum atomic E-state index is 12.3. The van der Waals surface area contributed by atoms with Gasteiger partial charge in [0.05, 0.1) is 16.8 Å². The molecule has 136 valence electrons. The molecule has 0 saturated carbocycles. The molecule has 8 nitrogen and oxygen atoms in total. The summed E-state index contributed by atoms with van der Waals surface area (Å²) in [6, 6.07) is 4.04. The molecule has 2 heterocycles. The number of ether oxygens (including phenoxy) is 1. The molecule has 0 N–H and O–H groups in total. The predicted molar refractivity (Wildman–Crippen MR) is 96.5 cm³/mol. The molecule has 0 aliphatic heterocycles. The summed E-state index contributed by atoms with van der Waals surface area (Å²) < 4.78 is 9.15. The second-order valence-electron chi connectivity index (χ2n) is 5.78. The van der Waals surface area contributed by atoms with Crippen LogP contribution in [0.25, 0.3) is 10.2 Å². The van der Waals surface area contributed by atoms with E-state index in [9.17, 15) is 9.59 Å². The number of amides is 1. The van der Waals surface area contributed by atoms with Crippen molar-refractivity contribution < 1.29 is 14.3 Å². The van der Waals surface area contributed by atoms with Gasteiger partial charge in [-0.15, -0.1) is 0 Å². The fourth-order valence-electron chi connectivity index (χ4n) is 2.49. The molecular weight excluding hydrogens is 354 g/mol. The van der Waals surface area contributed by atoms with Crippen LogP contribution in [0, 0.1) is 13.8 Å². The van der Waals surface area contributed by atoms with Gasteiger partial charge in [-0.3, -0.25) is 9.59 Å². The molecule has 0 radical (unpaired) electrons. The number of fused-ring (bicyclic) bond motifs is 1. The summed E-state index contributed by atoms with van der Waals surface area (Å²) in [5, 5.41) is 3.91. The smallest absolute Gasteiger partial charge is 0.326 e. The van der Waals surface area contributed by atoms with Gasteiger partial charge in [0.2, 0.25) is 0 Å². The van der Waals surface area contributed by atoms with Crippen LogP contribution in [0.1, 0.15) is 18.1 Å². The zero-order chi connectivity index (χ0) is 18.7. The number of nitrogens with zero attached hydrogens (tertiary/aromatic N) is 5. The van der Waals surface area contributed by atoms with Gasteiger partial charge in [0.25, 0.3) is 5.91 Å². The lowest BCUT2D eigenvalue weighted by atomic mass is 10.1. The number of benzene rings is 1. The SMILES string of the molecule is CCOC(=O)Cn1c(=NC(=O)Cn2cncn2)sc2cc(C)c(C)cc21. The Kier molecular flexibility index (Phi) is 5.27. The minimum atomic E-state index is -0.367. The molecule has 2 aromatic heterocycles. The average molecular weight is 373 g/mol. The summed E-state index contributed by atoms with van der Waals surface area (Å²) >= 11 is 1.37. The first-order valence-corrected chi connectivity index (χ1v) is 8.95. The molecule has 9 heteroatoms. The average Bonchev–Trinajstić information content (AvgIpc) is 3.18. The van der Waals surface area contributed by atoms with Crippen molar-refractivity contribution in [2.24, 2.45) is 4.99 Å². The number of carbonyl (C=O) groups is 2. The van der Waals surface area contributed by atoms with Crippen molar-refractivity contribution in [3.63, 3.8) is 0 Å². The fraction of sp³-hybridized carbons (Fsp3) is 0.353. The van der Waals surface area contributed by atoms with Crippen LogP contribution in [-0.4, -0.2) is 37.8 Å². The fourth-order valence-corrected chi connectivity index (χ4v) is 3.62. The molecule has 26 heavy (non-hydrogen) atoms. The summed E-state index contributed by atoms with van der Waals surface area (Å²) in [6.45, 7) is 6.09. The maximum absolute atomic E-state index is 12.3. The zero-order valence-electron chi connectivity index (χ0n) is 14.8. The Labute approximate surface area is 153 Å². The monoisotopic (exact) mass is 373 g/mol. The zero-order valence-corrected chi connectivity index (χ0v) is 15.6. The molecule has 0 fully saturated rings. The third-order valence-corrected chi connectivity index (χ3v) is 4.92. The van der Waals surface area contributed by atoms with E-state index in [1.165, 1.54) is 28.7 Å². The van der Waals surface area contributed by atoms with Crippen LogP contribution in [0.5, 0.6) is 0 Å². The minimum absolute atomic E-state index is 0.00573. The predicted octanol–water partition coefficient (Wildman–Crippen LogP) is 1.60. The lowest BCUT2D eigenvalue weighted by Gasteiger charge is -2.06. The summed E-state index contributed by atoms with van der Waals surface area (Å²) in [5.74, 6) is -0.733. The number of hydrogen-bond donors (Lipinski definition) is 0. The Bertz CT molecular complexity index is 1020. The molecule has 1 aromatic carbocycles. The topological polar surface area (TPSA) is 91.4 Å². The lowest BCUT2D eigenvalue weighted by molar-refractivity contribution is -0.143. The van der Waals surface area contributed by atoms with Crippen molar-refractivity contribution in [1.82, 2.24) is 19.3 Å². The van der Waals surface area contributed by atoms with E-state index in [0.717, 1.165) is 21.3 Å². The number of rotatable bonds is 5. The Balaban J connectivity index is 2.05. The van der Waals surface area contributed by atoms with E-state index < -0.39 is 0 Å². The molecule has 0 aliphatic carbocycles. The van der Waals surface area contributed by atoms with Crippen LogP contribution >= 0.6 is 11.3 Å². The van der Waals surface area contributed by atoms with Gasteiger partial charge >= 0.3 is 5.97 Å². The maximum Gasteiger partial charge on any atom is 0.326 e. The highest BCUT2D eigenvalue weighted by Crippen LogP contribution is 2.22. The summed E-state index contributed by atoms with van der Waals surface area (Å²) in [5.41, 5.74) is 3.11. The number of esters is 1. The van der Waals surface area contributed by atoms with Gasteiger partial charge in [0.15, 0.2) is 4.80 Å². The molecule has 0 spiro atoms. The first kappa shape index (κ1) is 18.0. The van der Waals surface area contributed by atoms with E-state index >= 15 is 0 Å². The van der Waals surface area contributed by atoms with Crippen molar-refractivity contribution >= 4 is 33.4 Å². The van der Waals surface area contributed by atoms with E-state index in [4.69, 9.17) is 4.74 Å². The molecule has 0 aliphatic rings. The van der Waals surface area contributed by atoms with Gasteiger partial charge in [-0.05, 0) is 44.0 Å². The molecule has 0 bridgehead atoms. The third kappa shape index (κ3) is 3.88. The highest BCUT2D eigenvalue weighted by atomic mass is 32.1. The van der Waals surface area contributed by atoms with E-state index in [2.05, 4.69) is 15.1 Å². The van der Waals surface area contributed by atoms with Crippen LogP contribution in [0.2, 0.25) is 0 Å². The molecule has 0 unspecified atom stereocenters. The Morgan fingerprint density at radius 3 is 2.69 bits per heavy atom. The first-order chi connectivity index (χ1) is 12.5. The Morgan fingerprint density at radius 1 is 1.23 bits per heavy atom. The quantitative estimate of drug-likeness (QED) is 0.634. The van der Waals surface area contributed by atoms with Crippen LogP contribution in [0.4, 0.5) is 0 Å². The normalized spacial score (nSPS) is 11.9. The summed E-state index contributed by atoms with van der Waals surface area (Å²) in [6.07, 6.45) is 2.82. The largest absolute Gasteiger partial charge is 0.465 e. The summed E-state index contributed by atoms with van der Waals surface area (Å²) in [7, 11) is 0. The minimum Gasteiger partial charge on any atom is -0.465 e. The number of thiazole rings is 1. The highest BCUT2D eigenvalue weighted by Gasteiger charge is 2.13. The van der Waals surface area contributed by atoms with E-state index in [1.807, 2.05) is 26.0 Å². The van der Waals surface area contributed by atoms with Gasteiger partial charge in [-0.25, -0.2) is 9.67 Å². The van der Waals surface area contributed by atoms with Crippen molar-refractivity contribution in [2.75, 3.05) is 6.61 Å². The van der Waals surface area contributed by atoms with Crippen molar-refractivity contribution in [3.8, 4) is 0 Å². The van der Waals surface area contributed by atoms with Crippen LogP contribution in [0.3, 0.4) is 0 Å². The molecule has 3 aromatic rings. The van der Waals surface area contributed by atoms with Gasteiger partial charge < -0.3 is 9.30 Å². The molecule has 0 saturated heterocycles. The Morgan fingerprint density at radius 2 is 2.00 bits per heavy atom. The van der Waals surface area contributed by atoms with Gasteiger partial charge in [0, 0.05) is 0 Å². The van der Waals surface area contributed by atoms with Gasteiger partial charge in [0.1, 0.15) is 25.7 Å². The molecule has 0 atom stereocenters. The van der Waals surface area contributed by atoms with E-state index in [-0.39, 0.29) is 25.0 Å². The van der Waals surface area contributed by atoms with Gasteiger partial charge in [-0.1, -0.05) is 11.3 Å². The van der Waals surface area contributed by atoms with E-state index in [0.29, 0.717) is 11.4 Å². The lowest BCUT2D eigenvalue weighted by Crippen LogP contribution is -2.24. The number of hydrogen-bond acceptors (Lipinski definition) is 6. The molecule has 3 rings (SSSR count). The van der Waals surface area contributed by atoms with Gasteiger partial charge in [-0.2, -0.15) is 10.1 Å². The van der Waals surface area contributed by atoms with Crippen LogP contribution in [-0.2, 0) is 27.4 Å². The van der Waals surface area contributed by atoms with Crippen molar-refractivity contribution in [1.29, 1.82) is 0 Å².